The highest BCUT2D eigenvalue weighted by Crippen LogP contribution is 2.47. The van der Waals surface area contributed by atoms with Crippen LogP contribution in [0.25, 0.3) is 0 Å². The van der Waals surface area contributed by atoms with Crippen molar-refractivity contribution < 1.29 is 107 Å². The van der Waals surface area contributed by atoms with Crippen LogP contribution in [-0.4, -0.2) is 195 Å². The average Bonchev–Trinajstić information content (AvgIpc) is 0.793. The summed E-state index contributed by atoms with van der Waals surface area (Å²) in [5, 5.41) is 28.5. The second-order valence-corrected chi connectivity index (χ2v) is 33.6. The fraction of sp³-hybridized carbons (Fsp3) is 0.523. The van der Waals surface area contributed by atoms with Crippen LogP contribution in [0.3, 0.4) is 0 Å². The number of carbonyl (C=O) groups is 5. The summed E-state index contributed by atoms with van der Waals surface area (Å²) in [6, 6.07) is 8.64. The molecule has 4 aromatic heterocycles. The SMILES string of the molecule is CC(=O)N1CCc2[nH]nc(C(=O)N3CCC(c4cccc(F)c4C(F)(F)F)CC3)c2C1.CCCN1Cc2[nH]nc(C(=O)N3CCC(c4ccc(F)c(F)c4C(F)(F)F)CC3)c2C1.CCCN1Cc2[nH]nc(C(=O)N3CCC(c4ccc(F)c(F)c4C(F)(F)F)CC3)c2C1.O=C(c1n[nH]c2c1CCN(CC1CC1)C2)N1CCC(c2ccc(F)c(F)c2C(F)(F)F)CC1. The first-order valence-corrected chi connectivity index (χ1v) is 42.1. The fourth-order valence-electron chi connectivity index (χ4n) is 18.8. The first-order chi connectivity index (χ1) is 59.8. The standard InChI is InChI=1S/C23H25F5N4O.2C21H23F5N4O.C21H22F4N4O2/c24-17-4-3-15(19(20(17)25)23(26,27)28)14-5-9-32(10-6-14)22(33)21-16-7-8-31(11-13-1-2-13)12-18(16)29-30-21;2*1-2-7-29-10-14-16(11-29)27-28-19(14)20(31)30-8-5-12(6-9-30)13-3-4-15(22)18(23)17(13)21(24,25)26;1-12(30)29-10-7-17-15(11-29)19(27-26-17)20(31)28-8-5-13(6-9-28)14-3-2-4-16(22)18(14)21(23,24)25/h3-4,13-14H,1-2,5-12H2,(H,29,30);2*3-4,12H,2,5-11H2,1H3,(H,27,28);2-4,13H,5-11H2,1H3,(H,26,27). The Morgan fingerprint density at radius 1 is 0.341 bits per heavy atom. The summed E-state index contributed by atoms with van der Waals surface area (Å²) in [6.45, 7) is 15.5. The van der Waals surface area contributed by atoms with E-state index in [0.29, 0.717) is 81.2 Å². The molecule has 1 saturated carbocycles. The minimum atomic E-state index is -4.99. The van der Waals surface area contributed by atoms with Gasteiger partial charge in [0.1, 0.15) is 5.82 Å². The van der Waals surface area contributed by atoms with Crippen LogP contribution in [0.2, 0.25) is 0 Å². The van der Waals surface area contributed by atoms with Crippen LogP contribution in [-0.2, 0) is 81.6 Å². The highest BCUT2D eigenvalue weighted by molar-refractivity contribution is 5.96. The van der Waals surface area contributed by atoms with Crippen LogP contribution in [0.5, 0.6) is 0 Å². The molecule has 1 aliphatic carbocycles. The molecule has 0 spiro atoms. The van der Waals surface area contributed by atoms with Gasteiger partial charge in [0.15, 0.2) is 57.7 Å². The monoisotopic (exact) mass is 1790 g/mol. The van der Waals surface area contributed by atoms with Gasteiger partial charge in [-0.15, -0.1) is 0 Å². The van der Waals surface area contributed by atoms with Gasteiger partial charge in [0, 0.05) is 153 Å². The predicted octanol–water partition coefficient (Wildman–Crippen LogP) is 16.9. The minimum absolute atomic E-state index is 0.0613. The van der Waals surface area contributed by atoms with Gasteiger partial charge in [-0.05, 0) is 173 Å². The molecule has 0 unspecified atom stereocenters. The van der Waals surface area contributed by atoms with Crippen molar-refractivity contribution in [2.75, 3.05) is 85.1 Å². The van der Waals surface area contributed by atoms with Crippen molar-refractivity contribution in [2.24, 2.45) is 5.92 Å². The maximum atomic E-state index is 14.0. The molecule has 9 aliphatic rings. The maximum Gasteiger partial charge on any atom is 0.419 e. The van der Waals surface area contributed by atoms with Crippen LogP contribution in [0.1, 0.15) is 253 Å². The summed E-state index contributed by atoms with van der Waals surface area (Å²) in [5.74, 6) is -14.1. The largest absolute Gasteiger partial charge is 0.419 e. The molecule has 4 aromatic carbocycles. The Hall–Kier alpha value is -10.4. The molecule has 17 rings (SSSR count). The van der Waals surface area contributed by atoms with Crippen molar-refractivity contribution in [3.8, 4) is 0 Å². The molecule has 40 heteroatoms. The lowest BCUT2D eigenvalue weighted by Crippen LogP contribution is -2.40. The van der Waals surface area contributed by atoms with Crippen molar-refractivity contribution in [2.45, 2.75) is 198 Å². The third-order valence-electron chi connectivity index (χ3n) is 25.4. The lowest BCUT2D eigenvalue weighted by atomic mass is 9.85. The Balaban J connectivity index is 0.000000136. The second kappa shape index (κ2) is 37.5. The van der Waals surface area contributed by atoms with Crippen molar-refractivity contribution >= 4 is 29.5 Å². The first-order valence-electron chi connectivity index (χ1n) is 42.1. The van der Waals surface area contributed by atoms with E-state index in [-0.39, 0.29) is 148 Å². The quantitative estimate of drug-likeness (QED) is 0.0746. The third-order valence-corrected chi connectivity index (χ3v) is 25.4. The number of nitrogens with one attached hydrogen (secondary N) is 4. The second-order valence-electron chi connectivity index (χ2n) is 33.6. The van der Waals surface area contributed by atoms with Crippen molar-refractivity contribution in [3.05, 3.63) is 208 Å². The molecule has 4 saturated heterocycles. The summed E-state index contributed by atoms with van der Waals surface area (Å²) in [6.07, 6.45) is -11.9. The predicted molar refractivity (Wildman–Crippen MR) is 417 cm³/mol. The van der Waals surface area contributed by atoms with Gasteiger partial charge in [-0.1, -0.05) is 44.2 Å². The van der Waals surface area contributed by atoms with Gasteiger partial charge in [-0.2, -0.15) is 73.1 Å². The molecular weight excluding hydrogens is 1700 g/mol. The molecule has 8 aliphatic heterocycles. The van der Waals surface area contributed by atoms with Crippen LogP contribution in [0.15, 0.2) is 54.6 Å². The topological polar surface area (TPSA) is 226 Å². The highest BCUT2D eigenvalue weighted by Gasteiger charge is 2.47. The first kappa shape index (κ1) is 91.8. The molecule has 21 nitrogen and oxygen atoms in total. The highest BCUT2D eigenvalue weighted by atomic mass is 19.4. The molecule has 5 fully saturated rings. The van der Waals surface area contributed by atoms with Gasteiger partial charge in [0.2, 0.25) is 5.91 Å². The van der Waals surface area contributed by atoms with Gasteiger partial charge in [0.05, 0.1) is 39.3 Å². The molecule has 126 heavy (non-hydrogen) atoms. The van der Waals surface area contributed by atoms with Crippen LogP contribution in [0.4, 0.5) is 83.4 Å². The van der Waals surface area contributed by atoms with E-state index < -0.39 is 111 Å². The zero-order chi connectivity index (χ0) is 90.3. The Labute approximate surface area is 711 Å². The number of aromatic amines is 4. The molecule has 0 atom stereocenters. The van der Waals surface area contributed by atoms with E-state index >= 15 is 0 Å². The average molecular weight is 1790 g/mol. The molecule has 0 bridgehead atoms. The zero-order valence-electron chi connectivity index (χ0n) is 69.0. The zero-order valence-corrected chi connectivity index (χ0v) is 69.0. The number of rotatable bonds is 14. The van der Waals surface area contributed by atoms with Crippen LogP contribution < -0.4 is 0 Å². The van der Waals surface area contributed by atoms with Crippen molar-refractivity contribution in [1.29, 1.82) is 0 Å². The number of piperidine rings is 4. The summed E-state index contributed by atoms with van der Waals surface area (Å²) >= 11 is 0. The normalized spacial score (nSPS) is 18.4. The summed E-state index contributed by atoms with van der Waals surface area (Å²) in [7, 11) is 0. The number of amides is 5. The van der Waals surface area contributed by atoms with E-state index in [1.54, 1.807) is 24.5 Å². The number of carbonyl (C=O) groups excluding carboxylic acids is 5. The van der Waals surface area contributed by atoms with E-state index in [2.05, 4.69) is 69.3 Å². The number of hydrogen-bond acceptors (Lipinski definition) is 12. The number of H-pyrrole nitrogens is 4. The number of alkyl halides is 12. The summed E-state index contributed by atoms with van der Waals surface area (Å²) in [4.78, 5) is 78.6. The van der Waals surface area contributed by atoms with Gasteiger partial charge in [0.25, 0.3) is 23.6 Å². The lowest BCUT2D eigenvalue weighted by molar-refractivity contribution is -0.142. The Bertz CT molecular complexity index is 5150. The molecule has 8 aromatic rings. The number of likely N-dealkylation sites (tertiary alicyclic amines) is 4. The molecule has 12 heterocycles. The van der Waals surface area contributed by atoms with Crippen molar-refractivity contribution in [1.82, 2.24) is 80.0 Å². The summed E-state index contributed by atoms with van der Waals surface area (Å²) in [5.41, 5.74) is 1.68. The number of nitrogens with zero attached hydrogens (tertiary/aromatic N) is 12. The Kier molecular flexibility index (Phi) is 27.3. The Morgan fingerprint density at radius 3 is 0.992 bits per heavy atom. The Morgan fingerprint density at radius 2 is 0.659 bits per heavy atom. The number of hydrogen-bond donors (Lipinski definition) is 4. The van der Waals surface area contributed by atoms with Crippen LogP contribution >= 0.6 is 0 Å². The molecule has 4 N–H and O–H groups in total. The van der Waals surface area contributed by atoms with E-state index in [4.69, 9.17) is 0 Å². The number of fused-ring (bicyclic) bond motifs is 4. The van der Waals surface area contributed by atoms with E-state index in [1.165, 1.54) is 31.9 Å². The molecular formula is C86H93F19N16O5. The lowest BCUT2D eigenvalue weighted by Gasteiger charge is -2.33. The molecule has 5 amide bonds. The summed E-state index contributed by atoms with van der Waals surface area (Å²) < 4.78 is 257. The number of halogens is 19. The van der Waals surface area contributed by atoms with Crippen molar-refractivity contribution in [3.63, 3.8) is 0 Å². The van der Waals surface area contributed by atoms with Gasteiger partial charge in [-0.25, -0.2) is 30.7 Å². The van der Waals surface area contributed by atoms with Gasteiger partial charge >= 0.3 is 24.7 Å². The van der Waals surface area contributed by atoms with Gasteiger partial charge < -0.3 is 24.5 Å². The smallest absolute Gasteiger partial charge is 0.338 e. The van der Waals surface area contributed by atoms with E-state index in [1.807, 2.05) is 0 Å². The van der Waals surface area contributed by atoms with Gasteiger partial charge in [-0.3, -0.25) is 59.1 Å². The molecule has 680 valence electrons. The number of benzene rings is 4. The third kappa shape index (κ3) is 19.8. The maximum absolute atomic E-state index is 14.0. The van der Waals surface area contributed by atoms with Crippen LogP contribution in [0, 0.1) is 46.6 Å². The molecule has 0 radical (unpaired) electrons. The fourth-order valence-corrected chi connectivity index (χ4v) is 18.8. The number of aromatic nitrogens is 8. The van der Waals surface area contributed by atoms with E-state index in [9.17, 15) is 107 Å². The minimum Gasteiger partial charge on any atom is -0.338 e. The van der Waals surface area contributed by atoms with E-state index in [0.717, 1.165) is 140 Å².